The number of hydrogen-bond acceptors (Lipinski definition) is 4. The summed E-state index contributed by atoms with van der Waals surface area (Å²) in [7, 11) is 0. The molecule has 6 aromatic rings. The molecule has 0 spiro atoms. The van der Waals surface area contributed by atoms with E-state index >= 15 is 0 Å². The van der Waals surface area contributed by atoms with E-state index in [0.717, 1.165) is 59.7 Å². The maximum Gasteiger partial charge on any atom is 0.221 e. The first-order valence-corrected chi connectivity index (χ1v) is 15.7. The number of para-hydroxylation sites is 2. The first-order valence-electron chi connectivity index (χ1n) is 15.7. The van der Waals surface area contributed by atoms with Crippen LogP contribution in [0.4, 0.5) is 0 Å². The van der Waals surface area contributed by atoms with Crippen LogP contribution < -0.4 is 9.47 Å². The maximum atomic E-state index is 6.89. The minimum Gasteiger partial charge on any atom is -0.456 e. The van der Waals surface area contributed by atoms with Gasteiger partial charge >= 0.3 is 0 Å². The van der Waals surface area contributed by atoms with Gasteiger partial charge in [0.15, 0.2) is 0 Å². The molecule has 0 atom stereocenters. The van der Waals surface area contributed by atoms with Gasteiger partial charge in [-0.25, -0.2) is 9.97 Å². The molecular weight excluding hydrogens is 552 g/mol. The highest BCUT2D eigenvalue weighted by Crippen LogP contribution is 2.50. The molecule has 7 heterocycles. The molecule has 5 aliphatic heterocycles. The van der Waals surface area contributed by atoms with Crippen molar-refractivity contribution in [3.8, 4) is 45.8 Å². The molecule has 0 radical (unpaired) electrons. The SMILES string of the molecule is CC1(C)c2cccc3c2Oc2c(cccc21)CCc1ccc(cc1)-c1cccc(n1)Oc1cccc(n1)-c1ccc(cc1)CC3. The number of ether oxygens (including phenoxy) is 2. The number of nitrogens with zero attached hydrogens (tertiary/aromatic N) is 2. The van der Waals surface area contributed by atoms with Gasteiger partial charge in [0.1, 0.15) is 11.5 Å². The van der Waals surface area contributed by atoms with Gasteiger partial charge in [-0.2, -0.15) is 0 Å². The Morgan fingerprint density at radius 1 is 0.467 bits per heavy atom. The Balaban J connectivity index is 1.21. The molecule has 11 rings (SSSR count). The second-order valence-corrected chi connectivity index (χ2v) is 12.5. The van der Waals surface area contributed by atoms with Crippen LogP contribution in [0, 0.1) is 0 Å². The Morgan fingerprint density at radius 2 is 0.911 bits per heavy atom. The van der Waals surface area contributed by atoms with Crippen LogP contribution in [0.3, 0.4) is 0 Å². The zero-order valence-electron chi connectivity index (χ0n) is 25.6. The topological polar surface area (TPSA) is 44.2 Å². The molecule has 0 aliphatic carbocycles. The third-order valence-corrected chi connectivity index (χ3v) is 9.27. The predicted molar refractivity (Wildman–Crippen MR) is 179 cm³/mol. The zero-order chi connectivity index (χ0) is 30.4. The van der Waals surface area contributed by atoms with E-state index in [1.54, 1.807) is 0 Å². The minimum atomic E-state index is -0.157. The van der Waals surface area contributed by atoms with Crippen molar-refractivity contribution < 1.29 is 9.47 Å². The van der Waals surface area contributed by atoms with E-state index in [9.17, 15) is 0 Å². The molecule has 0 saturated carbocycles. The summed E-state index contributed by atoms with van der Waals surface area (Å²) in [5.74, 6) is 3.08. The van der Waals surface area contributed by atoms with Gasteiger partial charge in [-0.15, -0.1) is 0 Å². The highest BCUT2D eigenvalue weighted by atomic mass is 16.5. The van der Waals surface area contributed by atoms with Crippen LogP contribution >= 0.6 is 0 Å². The second kappa shape index (κ2) is 11.0. The Morgan fingerprint density at radius 3 is 1.38 bits per heavy atom. The van der Waals surface area contributed by atoms with E-state index in [-0.39, 0.29) is 5.41 Å². The van der Waals surface area contributed by atoms with Gasteiger partial charge in [-0.05, 0) is 60.1 Å². The zero-order valence-corrected chi connectivity index (χ0v) is 25.6. The second-order valence-electron chi connectivity index (χ2n) is 12.5. The molecule has 0 saturated heterocycles. The molecule has 4 aromatic carbocycles. The average Bonchev–Trinajstić information content (AvgIpc) is 3.07. The van der Waals surface area contributed by atoms with Crippen molar-refractivity contribution in [2.45, 2.75) is 44.9 Å². The molecule has 0 amide bonds. The van der Waals surface area contributed by atoms with Gasteiger partial charge in [-0.1, -0.05) is 111 Å². The standard InChI is InChI=1S/C41H34N2O2/c1-41(2)33-9-3-7-31-25-19-27-15-21-29(22-16-27)35-11-5-13-37(42-35)44-38-14-6-12-36(43-38)30-23-17-28(18-24-30)20-26-32-8-4-10-34(41)40(32)45-39(31)33/h3-18,21-24H,19-20,25-26H2,1-2H3. The molecular formula is C41H34N2O2. The summed E-state index contributed by atoms with van der Waals surface area (Å²) in [5, 5.41) is 0. The van der Waals surface area contributed by atoms with Crippen molar-refractivity contribution in [2.75, 3.05) is 0 Å². The van der Waals surface area contributed by atoms with Crippen molar-refractivity contribution in [2.24, 2.45) is 0 Å². The largest absolute Gasteiger partial charge is 0.456 e. The van der Waals surface area contributed by atoms with Crippen molar-refractivity contribution >= 4 is 0 Å². The number of hydrogen-bond donors (Lipinski definition) is 0. The summed E-state index contributed by atoms with van der Waals surface area (Å²) >= 11 is 0. The molecule has 10 bridgehead atoms. The third-order valence-electron chi connectivity index (χ3n) is 9.27. The molecule has 5 aliphatic rings. The van der Waals surface area contributed by atoms with E-state index in [4.69, 9.17) is 19.4 Å². The molecule has 4 nitrogen and oxygen atoms in total. The minimum absolute atomic E-state index is 0.157. The van der Waals surface area contributed by atoms with Crippen LogP contribution in [-0.2, 0) is 31.1 Å². The van der Waals surface area contributed by atoms with Crippen molar-refractivity contribution in [3.63, 3.8) is 0 Å². The molecule has 0 unspecified atom stereocenters. The Hall–Kier alpha value is -5.22. The first kappa shape index (κ1) is 27.3. The summed E-state index contributed by atoms with van der Waals surface area (Å²) < 4.78 is 13.0. The number of pyridine rings is 2. The van der Waals surface area contributed by atoms with Gasteiger partial charge in [0.2, 0.25) is 11.8 Å². The highest BCUT2D eigenvalue weighted by molar-refractivity contribution is 5.63. The van der Waals surface area contributed by atoms with E-state index in [2.05, 4.69) is 98.8 Å². The summed E-state index contributed by atoms with van der Waals surface area (Å²) in [6.45, 7) is 4.65. The Bertz CT molecular complexity index is 1880. The smallest absolute Gasteiger partial charge is 0.221 e. The van der Waals surface area contributed by atoms with Crippen molar-refractivity contribution in [3.05, 3.63) is 155 Å². The summed E-state index contributed by atoms with van der Waals surface area (Å²) in [4.78, 5) is 9.59. The van der Waals surface area contributed by atoms with Crippen LogP contribution in [0.2, 0.25) is 0 Å². The molecule has 2 aromatic heterocycles. The lowest BCUT2D eigenvalue weighted by molar-refractivity contribution is 0.408. The fraction of sp³-hybridized carbons (Fsp3) is 0.171. The van der Waals surface area contributed by atoms with Crippen LogP contribution in [-0.4, -0.2) is 9.97 Å². The molecule has 0 N–H and O–H groups in total. The lowest BCUT2D eigenvalue weighted by Crippen LogP contribution is -2.25. The number of aromatic nitrogens is 2. The average molecular weight is 587 g/mol. The number of rotatable bonds is 0. The normalized spacial score (nSPS) is 14.6. The van der Waals surface area contributed by atoms with Crippen molar-refractivity contribution in [1.29, 1.82) is 0 Å². The molecule has 45 heavy (non-hydrogen) atoms. The van der Waals surface area contributed by atoms with Crippen LogP contribution in [0.25, 0.3) is 22.5 Å². The Kier molecular flexibility index (Phi) is 6.71. The van der Waals surface area contributed by atoms with Crippen LogP contribution in [0.5, 0.6) is 23.3 Å². The van der Waals surface area contributed by atoms with E-state index in [1.165, 1.54) is 33.4 Å². The monoisotopic (exact) mass is 586 g/mol. The molecule has 220 valence electrons. The van der Waals surface area contributed by atoms with E-state index < -0.39 is 0 Å². The lowest BCUT2D eigenvalue weighted by atomic mass is 9.74. The van der Waals surface area contributed by atoms with Gasteiger partial charge in [0, 0.05) is 39.8 Å². The quantitative estimate of drug-likeness (QED) is 0.178. The highest BCUT2D eigenvalue weighted by Gasteiger charge is 2.36. The molecule has 0 fully saturated rings. The van der Waals surface area contributed by atoms with Gasteiger partial charge in [0.05, 0.1) is 11.4 Å². The fourth-order valence-corrected chi connectivity index (χ4v) is 6.65. The van der Waals surface area contributed by atoms with Gasteiger partial charge < -0.3 is 9.47 Å². The van der Waals surface area contributed by atoms with Crippen LogP contribution in [0.1, 0.15) is 47.2 Å². The first-order chi connectivity index (χ1) is 22.0. The summed E-state index contributed by atoms with van der Waals surface area (Å²) in [6.07, 6.45) is 3.64. The third kappa shape index (κ3) is 5.17. The van der Waals surface area contributed by atoms with E-state index in [0.29, 0.717) is 11.8 Å². The molecule has 4 heteroatoms. The summed E-state index contributed by atoms with van der Waals surface area (Å²) in [6, 6.07) is 42.4. The van der Waals surface area contributed by atoms with Gasteiger partial charge in [0.25, 0.3) is 0 Å². The van der Waals surface area contributed by atoms with Gasteiger partial charge in [-0.3, -0.25) is 0 Å². The Labute approximate surface area is 264 Å². The maximum absolute atomic E-state index is 6.89. The number of benzene rings is 4. The predicted octanol–water partition coefficient (Wildman–Crippen LogP) is 9.92. The fourth-order valence-electron chi connectivity index (χ4n) is 6.65. The summed E-state index contributed by atoms with van der Waals surface area (Å²) in [5.41, 5.74) is 11.2. The van der Waals surface area contributed by atoms with Crippen LogP contribution in [0.15, 0.2) is 121 Å². The number of aryl methyl sites for hydroxylation is 4. The van der Waals surface area contributed by atoms with Crippen molar-refractivity contribution in [1.82, 2.24) is 9.97 Å². The lowest BCUT2D eigenvalue weighted by Gasteiger charge is -2.36. The van der Waals surface area contributed by atoms with E-state index in [1.807, 2.05) is 36.4 Å².